The Morgan fingerprint density at radius 3 is 2.54 bits per heavy atom. The van der Waals surface area contributed by atoms with Crippen molar-refractivity contribution in [3.05, 3.63) is 52.6 Å². The van der Waals surface area contributed by atoms with Crippen molar-refractivity contribution in [2.45, 2.75) is 52.4 Å². The predicted molar refractivity (Wildman–Crippen MR) is 102 cm³/mol. The minimum atomic E-state index is -0.172. The lowest BCUT2D eigenvalue weighted by Crippen LogP contribution is -2.32. The van der Waals surface area contributed by atoms with E-state index in [9.17, 15) is 9.59 Å². The second-order valence-corrected chi connectivity index (χ2v) is 6.88. The Morgan fingerprint density at radius 2 is 1.77 bits per heavy atom. The van der Waals surface area contributed by atoms with Crippen molar-refractivity contribution in [2.75, 3.05) is 13.2 Å². The monoisotopic (exact) mass is 353 g/mol. The molecule has 138 valence electrons. The van der Waals surface area contributed by atoms with E-state index in [-0.39, 0.29) is 11.8 Å². The molecule has 0 N–H and O–H groups in total. The molecule has 1 aromatic carbocycles. The molecule has 0 saturated carbocycles. The first kappa shape index (κ1) is 18.4. The number of carbonyl (C=O) groups is 2. The van der Waals surface area contributed by atoms with Gasteiger partial charge in [0.25, 0.3) is 11.8 Å². The first-order chi connectivity index (χ1) is 12.7. The van der Waals surface area contributed by atoms with Gasteiger partial charge in [-0.2, -0.15) is 0 Å². The molecule has 4 nitrogen and oxygen atoms in total. The summed E-state index contributed by atoms with van der Waals surface area (Å²) in [4.78, 5) is 27.0. The number of fused-ring (bicyclic) bond motifs is 1. The maximum atomic E-state index is 12.9. The average Bonchev–Trinajstić information content (AvgIpc) is 2.85. The van der Waals surface area contributed by atoms with Gasteiger partial charge in [-0.05, 0) is 37.3 Å². The van der Waals surface area contributed by atoms with E-state index in [0.29, 0.717) is 36.5 Å². The van der Waals surface area contributed by atoms with Crippen LogP contribution in [0.5, 0.6) is 0 Å². The number of hydrogen-bond acceptors (Lipinski definition) is 3. The Morgan fingerprint density at radius 1 is 1.00 bits per heavy atom. The number of carbonyl (C=O) groups excluding carboxylic acids is 2. The third-order valence-electron chi connectivity index (χ3n) is 5.00. The van der Waals surface area contributed by atoms with E-state index in [1.54, 1.807) is 6.08 Å². The summed E-state index contributed by atoms with van der Waals surface area (Å²) >= 11 is 0. The van der Waals surface area contributed by atoms with Gasteiger partial charge in [0, 0.05) is 17.7 Å². The maximum absolute atomic E-state index is 12.9. The van der Waals surface area contributed by atoms with Gasteiger partial charge in [-0.3, -0.25) is 14.5 Å². The molecule has 26 heavy (non-hydrogen) atoms. The minimum Gasteiger partial charge on any atom is -0.493 e. The molecule has 0 unspecified atom stereocenters. The first-order valence-electron chi connectivity index (χ1n) is 9.69. The van der Waals surface area contributed by atoms with Crippen LogP contribution >= 0.6 is 0 Å². The van der Waals surface area contributed by atoms with Crippen LogP contribution in [0.15, 0.2) is 41.5 Å². The molecule has 2 amide bonds. The van der Waals surface area contributed by atoms with Crippen molar-refractivity contribution in [1.82, 2.24) is 4.90 Å². The zero-order chi connectivity index (χ0) is 18.5. The lowest BCUT2D eigenvalue weighted by atomic mass is 9.93. The summed E-state index contributed by atoms with van der Waals surface area (Å²) in [6, 6.07) is 8.11. The number of benzene rings is 1. The third-order valence-corrected chi connectivity index (χ3v) is 5.00. The molecule has 0 fully saturated rings. The standard InChI is InChI=1S/C22H27NO3/c1-3-5-13-23-21(24)18-12-11-16-9-7-8-10-17(16)20(26-14-6-4-2)15-19(18)22(23)25/h7-10,15H,3-6,11-14H2,1-2H3/b20-15+. The fourth-order valence-corrected chi connectivity index (χ4v) is 3.45. The van der Waals surface area contributed by atoms with Crippen LogP contribution in [-0.4, -0.2) is 29.9 Å². The summed E-state index contributed by atoms with van der Waals surface area (Å²) < 4.78 is 6.04. The van der Waals surface area contributed by atoms with Crippen LogP contribution < -0.4 is 0 Å². The van der Waals surface area contributed by atoms with Gasteiger partial charge in [0.1, 0.15) is 5.76 Å². The molecule has 0 bridgehead atoms. The largest absolute Gasteiger partial charge is 0.493 e. The molecule has 1 aliphatic carbocycles. The lowest BCUT2D eigenvalue weighted by Gasteiger charge is -2.17. The summed E-state index contributed by atoms with van der Waals surface area (Å²) in [6.45, 7) is 5.29. The Labute approximate surface area is 155 Å². The Hall–Kier alpha value is -2.36. The molecule has 4 heteroatoms. The van der Waals surface area contributed by atoms with Crippen LogP contribution in [0.2, 0.25) is 0 Å². The molecule has 0 radical (unpaired) electrons. The lowest BCUT2D eigenvalue weighted by molar-refractivity contribution is -0.137. The van der Waals surface area contributed by atoms with Gasteiger partial charge < -0.3 is 4.74 Å². The van der Waals surface area contributed by atoms with Gasteiger partial charge in [0.15, 0.2) is 0 Å². The van der Waals surface area contributed by atoms with Crippen LogP contribution in [0.4, 0.5) is 0 Å². The SMILES string of the molecule is CCCCO/C1=C/C2=C(CCc3ccccc31)C(=O)N(CCCC)C2=O. The number of nitrogens with zero attached hydrogens (tertiary/aromatic N) is 1. The van der Waals surface area contributed by atoms with Crippen LogP contribution in [0, 0.1) is 0 Å². The van der Waals surface area contributed by atoms with Gasteiger partial charge in [-0.25, -0.2) is 0 Å². The highest BCUT2D eigenvalue weighted by Crippen LogP contribution is 2.33. The summed E-state index contributed by atoms with van der Waals surface area (Å²) in [6.07, 6.45) is 6.93. The highest BCUT2D eigenvalue weighted by molar-refractivity contribution is 6.21. The summed E-state index contributed by atoms with van der Waals surface area (Å²) in [7, 11) is 0. The molecule has 2 aliphatic rings. The van der Waals surface area contributed by atoms with Gasteiger partial charge in [0.05, 0.1) is 12.2 Å². The van der Waals surface area contributed by atoms with Crippen LogP contribution in [0.1, 0.15) is 57.1 Å². The second kappa shape index (κ2) is 8.35. The quantitative estimate of drug-likeness (QED) is 0.544. The molecule has 0 saturated heterocycles. The smallest absolute Gasteiger partial charge is 0.261 e. The molecule has 0 atom stereocenters. The van der Waals surface area contributed by atoms with Crippen molar-refractivity contribution in [1.29, 1.82) is 0 Å². The van der Waals surface area contributed by atoms with Crippen molar-refractivity contribution in [3.63, 3.8) is 0 Å². The van der Waals surface area contributed by atoms with Crippen molar-refractivity contribution >= 4 is 17.6 Å². The summed E-state index contributed by atoms with van der Waals surface area (Å²) in [5.74, 6) is 0.413. The van der Waals surface area contributed by atoms with Crippen molar-refractivity contribution in [2.24, 2.45) is 0 Å². The van der Waals surface area contributed by atoms with E-state index < -0.39 is 0 Å². The number of unbranched alkanes of at least 4 members (excludes halogenated alkanes) is 2. The normalized spacial score (nSPS) is 18.8. The molecule has 0 aromatic heterocycles. The Balaban J connectivity index is 1.98. The zero-order valence-corrected chi connectivity index (χ0v) is 15.7. The number of aryl methyl sites for hydroxylation is 1. The van der Waals surface area contributed by atoms with Crippen molar-refractivity contribution in [3.8, 4) is 0 Å². The fraction of sp³-hybridized carbons (Fsp3) is 0.455. The molecule has 1 aliphatic heterocycles. The van der Waals surface area contributed by atoms with Crippen molar-refractivity contribution < 1.29 is 14.3 Å². The van der Waals surface area contributed by atoms with E-state index >= 15 is 0 Å². The topological polar surface area (TPSA) is 46.6 Å². The summed E-state index contributed by atoms with van der Waals surface area (Å²) in [5, 5.41) is 0. The van der Waals surface area contributed by atoms with Crippen LogP contribution in [-0.2, 0) is 20.7 Å². The van der Waals surface area contributed by atoms with Gasteiger partial charge >= 0.3 is 0 Å². The predicted octanol–water partition coefficient (Wildman–Crippen LogP) is 4.26. The molecule has 1 heterocycles. The summed E-state index contributed by atoms with van der Waals surface area (Å²) in [5.41, 5.74) is 3.35. The number of ether oxygens (including phenoxy) is 1. The highest BCUT2D eigenvalue weighted by Gasteiger charge is 2.37. The molecule has 0 spiro atoms. The number of rotatable bonds is 7. The van der Waals surface area contributed by atoms with E-state index in [1.165, 1.54) is 4.90 Å². The molecule has 3 rings (SSSR count). The molecular weight excluding hydrogens is 326 g/mol. The minimum absolute atomic E-state index is 0.123. The third kappa shape index (κ3) is 3.59. The van der Waals surface area contributed by atoms with Gasteiger partial charge in [-0.1, -0.05) is 51.0 Å². The maximum Gasteiger partial charge on any atom is 0.261 e. The second-order valence-electron chi connectivity index (χ2n) is 6.88. The van der Waals surface area contributed by atoms with E-state index in [0.717, 1.165) is 43.2 Å². The number of amides is 2. The molecule has 1 aromatic rings. The number of imide groups is 1. The highest BCUT2D eigenvalue weighted by atomic mass is 16.5. The zero-order valence-electron chi connectivity index (χ0n) is 15.7. The Kier molecular flexibility index (Phi) is 5.92. The molecular formula is C22H27NO3. The van der Waals surface area contributed by atoms with E-state index in [4.69, 9.17) is 4.74 Å². The van der Waals surface area contributed by atoms with E-state index in [2.05, 4.69) is 19.9 Å². The first-order valence-corrected chi connectivity index (χ1v) is 9.69. The van der Waals surface area contributed by atoms with E-state index in [1.807, 2.05) is 18.2 Å². The van der Waals surface area contributed by atoms with Crippen LogP contribution in [0.3, 0.4) is 0 Å². The Bertz CT molecular complexity index is 760. The number of hydrogen-bond donors (Lipinski definition) is 0. The van der Waals surface area contributed by atoms with Gasteiger partial charge in [-0.15, -0.1) is 0 Å². The van der Waals surface area contributed by atoms with Crippen LogP contribution in [0.25, 0.3) is 5.76 Å². The van der Waals surface area contributed by atoms with Gasteiger partial charge in [0.2, 0.25) is 0 Å². The fourth-order valence-electron chi connectivity index (χ4n) is 3.45. The average molecular weight is 353 g/mol.